The van der Waals surface area contributed by atoms with Crippen LogP contribution in [0.4, 0.5) is 10.5 Å². The number of aliphatic imine (C=N–C) groups is 1. The van der Waals surface area contributed by atoms with Gasteiger partial charge in [-0.25, -0.2) is 9.78 Å². The molecule has 8 heteroatoms. The van der Waals surface area contributed by atoms with Gasteiger partial charge in [0.05, 0.1) is 5.01 Å². The van der Waals surface area contributed by atoms with E-state index in [1.54, 1.807) is 11.3 Å². The van der Waals surface area contributed by atoms with Gasteiger partial charge in [-0.1, -0.05) is 12.1 Å². The Balaban J connectivity index is 1.77. The van der Waals surface area contributed by atoms with E-state index in [9.17, 15) is 4.79 Å². The van der Waals surface area contributed by atoms with Crippen LogP contribution in [-0.2, 0) is 17.6 Å². The Hall–Kier alpha value is -2.61. The molecular weight excluding hydrogens is 398 g/mol. The lowest BCUT2D eigenvalue weighted by molar-refractivity contribution is 0.0636. The Kier molecular flexibility index (Phi) is 9.11. The molecule has 0 aliphatic rings. The Morgan fingerprint density at radius 1 is 1.17 bits per heavy atom. The monoisotopic (exact) mass is 431 g/mol. The molecule has 0 aliphatic heterocycles. The van der Waals surface area contributed by atoms with Gasteiger partial charge in [0.1, 0.15) is 5.60 Å². The van der Waals surface area contributed by atoms with Gasteiger partial charge in [0.15, 0.2) is 5.96 Å². The molecule has 0 atom stereocenters. The van der Waals surface area contributed by atoms with E-state index in [2.05, 4.69) is 39.8 Å². The standard InChI is InChI=1S/C22H33N5O2S/c1-6-23-20(25-14-12-19-26-15-16(2)30-19)24-13-11-17-7-9-18(10-8-17)27-21(28)29-22(3,4)5/h7-10,15H,6,11-14H2,1-5H3,(H,27,28)(H2,23,24,25). The molecule has 30 heavy (non-hydrogen) atoms. The highest BCUT2D eigenvalue weighted by atomic mass is 32.1. The van der Waals surface area contributed by atoms with E-state index in [1.807, 2.05) is 51.2 Å². The van der Waals surface area contributed by atoms with Crippen LogP contribution in [0.5, 0.6) is 0 Å². The summed E-state index contributed by atoms with van der Waals surface area (Å²) in [6.45, 7) is 11.9. The number of guanidine groups is 1. The van der Waals surface area contributed by atoms with Crippen molar-refractivity contribution in [2.75, 3.05) is 25.0 Å². The third-order valence-electron chi connectivity index (χ3n) is 3.91. The topological polar surface area (TPSA) is 87.6 Å². The van der Waals surface area contributed by atoms with Crippen molar-refractivity contribution in [3.05, 3.63) is 45.9 Å². The Bertz CT molecular complexity index is 825. The summed E-state index contributed by atoms with van der Waals surface area (Å²) in [5, 5.41) is 10.5. The number of hydrogen-bond donors (Lipinski definition) is 3. The Labute approximate surface area is 183 Å². The second kappa shape index (κ2) is 11.5. The summed E-state index contributed by atoms with van der Waals surface area (Å²) in [7, 11) is 0. The number of nitrogens with zero attached hydrogens (tertiary/aromatic N) is 2. The average Bonchev–Trinajstić information content (AvgIpc) is 3.07. The van der Waals surface area contributed by atoms with Crippen LogP contribution in [0, 0.1) is 6.92 Å². The molecular formula is C22H33N5O2S. The molecule has 0 radical (unpaired) electrons. The second-order valence-electron chi connectivity index (χ2n) is 7.88. The zero-order valence-corrected chi connectivity index (χ0v) is 19.4. The highest BCUT2D eigenvalue weighted by molar-refractivity contribution is 7.11. The molecule has 0 unspecified atom stereocenters. The van der Waals surface area contributed by atoms with E-state index in [-0.39, 0.29) is 0 Å². The van der Waals surface area contributed by atoms with Gasteiger partial charge in [0.2, 0.25) is 0 Å². The van der Waals surface area contributed by atoms with Crippen molar-refractivity contribution in [1.82, 2.24) is 15.6 Å². The summed E-state index contributed by atoms with van der Waals surface area (Å²) < 4.78 is 5.26. The van der Waals surface area contributed by atoms with Gasteiger partial charge >= 0.3 is 6.09 Å². The van der Waals surface area contributed by atoms with Gasteiger partial charge in [-0.15, -0.1) is 11.3 Å². The summed E-state index contributed by atoms with van der Waals surface area (Å²) in [6, 6.07) is 7.77. The fourth-order valence-electron chi connectivity index (χ4n) is 2.62. The van der Waals surface area contributed by atoms with Crippen LogP contribution in [0.2, 0.25) is 0 Å². The number of anilines is 1. The van der Waals surface area contributed by atoms with E-state index < -0.39 is 11.7 Å². The number of ether oxygens (including phenoxy) is 1. The number of hydrogen-bond acceptors (Lipinski definition) is 5. The van der Waals surface area contributed by atoms with Crippen LogP contribution in [0.15, 0.2) is 35.5 Å². The van der Waals surface area contributed by atoms with Gasteiger partial charge < -0.3 is 15.4 Å². The van der Waals surface area contributed by atoms with Crippen LogP contribution in [-0.4, -0.2) is 42.3 Å². The van der Waals surface area contributed by atoms with Crippen LogP contribution in [0.1, 0.15) is 43.1 Å². The van der Waals surface area contributed by atoms with Gasteiger partial charge in [-0.3, -0.25) is 10.3 Å². The van der Waals surface area contributed by atoms with Crippen molar-refractivity contribution in [3.63, 3.8) is 0 Å². The van der Waals surface area contributed by atoms with E-state index >= 15 is 0 Å². The van der Waals surface area contributed by atoms with E-state index in [0.29, 0.717) is 12.2 Å². The molecule has 0 bridgehead atoms. The quantitative estimate of drug-likeness (QED) is 0.432. The summed E-state index contributed by atoms with van der Waals surface area (Å²) in [6.07, 6.45) is 3.15. The predicted octanol–water partition coefficient (Wildman–Crippen LogP) is 4.14. The van der Waals surface area contributed by atoms with Crippen LogP contribution in [0.25, 0.3) is 0 Å². The maximum absolute atomic E-state index is 11.8. The molecule has 1 amide bonds. The number of carbonyl (C=O) groups is 1. The zero-order chi connectivity index (χ0) is 22.0. The highest BCUT2D eigenvalue weighted by Gasteiger charge is 2.16. The van der Waals surface area contributed by atoms with Crippen molar-refractivity contribution >= 4 is 29.1 Å². The minimum Gasteiger partial charge on any atom is -0.444 e. The SMILES string of the molecule is CCNC(=NCCc1ncc(C)s1)NCCc1ccc(NC(=O)OC(C)(C)C)cc1. The van der Waals surface area contributed by atoms with E-state index in [1.165, 1.54) is 10.4 Å². The third kappa shape index (κ3) is 9.26. The minimum absolute atomic E-state index is 0.448. The van der Waals surface area contributed by atoms with Gasteiger partial charge in [0.25, 0.3) is 0 Å². The molecule has 2 aromatic rings. The fraction of sp³-hybridized carbons (Fsp3) is 0.500. The molecule has 0 fully saturated rings. The highest BCUT2D eigenvalue weighted by Crippen LogP contribution is 2.13. The molecule has 1 aromatic carbocycles. The van der Waals surface area contributed by atoms with Crippen molar-refractivity contribution < 1.29 is 9.53 Å². The van der Waals surface area contributed by atoms with Crippen LogP contribution >= 0.6 is 11.3 Å². The van der Waals surface area contributed by atoms with Gasteiger partial charge in [-0.2, -0.15) is 0 Å². The van der Waals surface area contributed by atoms with Crippen molar-refractivity contribution in [2.45, 2.75) is 53.1 Å². The zero-order valence-electron chi connectivity index (χ0n) is 18.5. The molecule has 0 saturated carbocycles. The number of benzene rings is 1. The molecule has 7 nitrogen and oxygen atoms in total. The van der Waals surface area contributed by atoms with Crippen molar-refractivity contribution in [3.8, 4) is 0 Å². The maximum Gasteiger partial charge on any atom is 0.412 e. The first-order chi connectivity index (χ1) is 14.2. The fourth-order valence-corrected chi connectivity index (χ4v) is 3.40. The maximum atomic E-state index is 11.8. The number of carbonyl (C=O) groups excluding carboxylic acids is 1. The predicted molar refractivity (Wildman–Crippen MR) is 125 cm³/mol. The number of aryl methyl sites for hydroxylation is 1. The third-order valence-corrected chi connectivity index (χ3v) is 4.89. The number of nitrogens with one attached hydrogen (secondary N) is 3. The molecule has 0 saturated heterocycles. The molecule has 1 aromatic heterocycles. The summed E-state index contributed by atoms with van der Waals surface area (Å²) in [5.41, 5.74) is 1.38. The lowest BCUT2D eigenvalue weighted by atomic mass is 10.1. The summed E-state index contributed by atoms with van der Waals surface area (Å²) >= 11 is 1.72. The smallest absolute Gasteiger partial charge is 0.412 e. The van der Waals surface area contributed by atoms with Crippen molar-refractivity contribution in [1.29, 1.82) is 0 Å². The number of thiazole rings is 1. The van der Waals surface area contributed by atoms with Crippen LogP contribution < -0.4 is 16.0 Å². The van der Waals surface area contributed by atoms with Gasteiger partial charge in [0, 0.05) is 42.8 Å². The first-order valence-electron chi connectivity index (χ1n) is 10.3. The largest absolute Gasteiger partial charge is 0.444 e. The molecule has 0 spiro atoms. The Morgan fingerprint density at radius 2 is 1.90 bits per heavy atom. The number of amides is 1. The Morgan fingerprint density at radius 3 is 2.50 bits per heavy atom. The molecule has 2 rings (SSSR count). The number of aromatic nitrogens is 1. The molecule has 1 heterocycles. The molecule has 164 valence electrons. The normalized spacial score (nSPS) is 11.8. The van der Waals surface area contributed by atoms with Crippen LogP contribution in [0.3, 0.4) is 0 Å². The lowest BCUT2D eigenvalue weighted by Gasteiger charge is -2.19. The molecule has 3 N–H and O–H groups in total. The second-order valence-corrected chi connectivity index (χ2v) is 9.20. The lowest BCUT2D eigenvalue weighted by Crippen LogP contribution is -2.38. The number of rotatable bonds is 8. The minimum atomic E-state index is -0.513. The summed E-state index contributed by atoms with van der Waals surface area (Å²) in [4.78, 5) is 22.1. The molecule has 0 aliphatic carbocycles. The van der Waals surface area contributed by atoms with E-state index in [4.69, 9.17) is 4.74 Å². The average molecular weight is 432 g/mol. The van der Waals surface area contributed by atoms with Crippen molar-refractivity contribution in [2.24, 2.45) is 4.99 Å². The summed E-state index contributed by atoms with van der Waals surface area (Å²) in [5.74, 6) is 0.814. The van der Waals surface area contributed by atoms with E-state index in [0.717, 1.165) is 36.9 Å². The first-order valence-corrected chi connectivity index (χ1v) is 11.1. The van der Waals surface area contributed by atoms with Gasteiger partial charge in [-0.05, 0) is 58.7 Å². The first kappa shape index (κ1) is 23.7.